The Morgan fingerprint density at radius 2 is 2.00 bits per heavy atom. The van der Waals surface area contributed by atoms with Crippen LogP contribution in [0.4, 0.5) is 0 Å². The smallest absolute Gasteiger partial charge is 0.325 e. The molecule has 0 aromatic heterocycles. The summed E-state index contributed by atoms with van der Waals surface area (Å²) in [5.41, 5.74) is -0.309. The van der Waals surface area contributed by atoms with E-state index in [0.717, 1.165) is 12.1 Å². The number of carboxylic acids is 1. The van der Waals surface area contributed by atoms with Gasteiger partial charge in [0.1, 0.15) is 6.61 Å². The molecule has 1 N–H and O–H groups in total. The van der Waals surface area contributed by atoms with Crippen LogP contribution in [0, 0.1) is 0 Å². The molecule has 0 saturated heterocycles. The maximum Gasteiger partial charge on any atom is 0.325 e. The zero-order valence-electron chi connectivity index (χ0n) is 10.2. The number of ether oxygens (including phenoxy) is 2. The van der Waals surface area contributed by atoms with Crippen molar-refractivity contribution >= 4 is 18.2 Å². The van der Waals surface area contributed by atoms with Gasteiger partial charge in [-0.1, -0.05) is 6.07 Å². The second kappa shape index (κ2) is 8.90. The second-order valence-corrected chi connectivity index (χ2v) is 3.30. The van der Waals surface area contributed by atoms with E-state index in [1.807, 2.05) is 0 Å². The Bertz CT molecular complexity index is 471. The van der Waals surface area contributed by atoms with Gasteiger partial charge in [0, 0.05) is 45.4 Å². The summed E-state index contributed by atoms with van der Waals surface area (Å²) in [6, 6.07) is 3.57. The molecule has 1 aromatic carbocycles. The van der Waals surface area contributed by atoms with Crippen LogP contribution < -0.4 is 0 Å². The number of hydrogen-bond acceptors (Lipinski definition) is 5. The molecule has 0 aliphatic rings. The van der Waals surface area contributed by atoms with Gasteiger partial charge in [-0.05, 0) is 5.56 Å². The van der Waals surface area contributed by atoms with Crippen molar-refractivity contribution in [3.05, 3.63) is 34.9 Å². The van der Waals surface area contributed by atoms with Crippen molar-refractivity contribution in [3.8, 4) is 0 Å². The first-order valence-corrected chi connectivity index (χ1v) is 5.01. The number of carboxylic acid groups (broad SMARTS) is 1. The van der Waals surface area contributed by atoms with Crippen LogP contribution in [0.15, 0.2) is 18.2 Å². The first kappa shape index (κ1) is 17.9. The first-order valence-electron chi connectivity index (χ1n) is 5.01. The third-order valence-electron chi connectivity index (χ3n) is 2.12. The summed E-state index contributed by atoms with van der Waals surface area (Å²) in [6.07, 6.45) is 1.48. The third-order valence-corrected chi connectivity index (χ3v) is 2.12. The maximum absolute atomic E-state index is 11.5. The van der Waals surface area contributed by atoms with Crippen LogP contribution >= 0.6 is 0 Å². The molecule has 1 aromatic rings. The van der Waals surface area contributed by atoms with Crippen LogP contribution in [0.25, 0.3) is 0 Å². The number of carbonyl (C=O) groups is 2. The zero-order chi connectivity index (χ0) is 13.5. The summed E-state index contributed by atoms with van der Waals surface area (Å²) in [5, 5.41) is 8.79. The van der Waals surface area contributed by atoms with Crippen molar-refractivity contribution < 1.29 is 61.7 Å². The Balaban J connectivity index is 0.00000324. The van der Waals surface area contributed by atoms with E-state index in [2.05, 4.69) is 0 Å². The van der Waals surface area contributed by atoms with E-state index in [-0.39, 0.29) is 62.6 Å². The Morgan fingerprint density at radius 3 is 2.53 bits per heavy atom. The van der Waals surface area contributed by atoms with Crippen LogP contribution in [-0.2, 0) is 47.0 Å². The minimum Gasteiger partial charge on any atom is -0.487 e. The summed E-state index contributed by atoms with van der Waals surface area (Å²) < 4.78 is 9.53. The topological polar surface area (TPSA) is 89.9 Å². The van der Waals surface area contributed by atoms with E-state index < -0.39 is 11.9 Å². The molecule has 0 amide bonds. The van der Waals surface area contributed by atoms with Crippen molar-refractivity contribution in [3.63, 3.8) is 0 Å². The number of esters is 1. The van der Waals surface area contributed by atoms with Crippen LogP contribution in [0.5, 0.6) is 0 Å². The monoisotopic (exact) mass is 340 g/mol. The number of benzene rings is 1. The van der Waals surface area contributed by atoms with E-state index in [1.165, 1.54) is 19.5 Å². The van der Waals surface area contributed by atoms with Gasteiger partial charge < -0.3 is 19.4 Å². The predicted octanol–water partition coefficient (Wildman–Crippen LogP) is 0.643. The molecule has 0 atom stereocenters. The van der Waals surface area contributed by atoms with Gasteiger partial charge in [-0.3, -0.25) is 4.79 Å². The fourth-order valence-electron chi connectivity index (χ4n) is 1.24. The fourth-order valence-corrected chi connectivity index (χ4v) is 1.24. The third kappa shape index (κ3) is 5.18. The molecular weight excluding hydrogens is 329 g/mol. The van der Waals surface area contributed by atoms with Crippen molar-refractivity contribution in [1.82, 2.24) is 0 Å². The average molecular weight is 340 g/mol. The molecule has 0 aliphatic carbocycles. The standard InChI is InChI=1S/C12H11O6.Y/c1-17-4-5-18-12(16)8-2-3-10(11(14)15)9(6-8)7-13;/h2-3,6H,4-5H2,1H3,(H,14,15);/q-1;. The van der Waals surface area contributed by atoms with Gasteiger partial charge in [-0.2, -0.15) is 0 Å². The van der Waals surface area contributed by atoms with E-state index in [1.54, 1.807) is 0 Å². The molecule has 19 heavy (non-hydrogen) atoms. The summed E-state index contributed by atoms with van der Waals surface area (Å²) in [5.74, 6) is -1.91. The SMILES string of the molecule is COCCOC(=O)c1ccc(C(=O)O)c([C-]=O)c1.[Y]. The van der Waals surface area contributed by atoms with Crippen molar-refractivity contribution in [2.45, 2.75) is 0 Å². The van der Waals surface area contributed by atoms with Gasteiger partial charge in [0.15, 0.2) is 0 Å². The van der Waals surface area contributed by atoms with Crippen LogP contribution in [0.1, 0.15) is 26.3 Å². The molecule has 7 heteroatoms. The average Bonchev–Trinajstić information content (AvgIpc) is 2.37. The minimum absolute atomic E-state index is 0. The van der Waals surface area contributed by atoms with Crippen molar-refractivity contribution in [2.75, 3.05) is 20.3 Å². The van der Waals surface area contributed by atoms with Gasteiger partial charge >= 0.3 is 5.97 Å². The predicted molar refractivity (Wildman–Crippen MR) is 60.4 cm³/mol. The minimum atomic E-state index is -1.26. The largest absolute Gasteiger partial charge is 0.487 e. The quantitative estimate of drug-likeness (QED) is 0.464. The maximum atomic E-state index is 11.5. The van der Waals surface area contributed by atoms with Gasteiger partial charge in [0.25, 0.3) is 5.97 Å². The van der Waals surface area contributed by atoms with Crippen molar-refractivity contribution in [2.24, 2.45) is 0 Å². The van der Waals surface area contributed by atoms with Crippen LogP contribution in [0.2, 0.25) is 0 Å². The molecule has 99 valence electrons. The molecule has 1 radical (unpaired) electrons. The Labute approximate surface area is 135 Å². The van der Waals surface area contributed by atoms with E-state index in [9.17, 15) is 14.4 Å². The summed E-state index contributed by atoms with van der Waals surface area (Å²) >= 11 is 0. The van der Waals surface area contributed by atoms with Crippen molar-refractivity contribution in [1.29, 1.82) is 0 Å². The molecule has 1 rings (SSSR count). The summed E-state index contributed by atoms with van der Waals surface area (Å²) in [7, 11) is 1.47. The fraction of sp³-hybridized carbons (Fsp3) is 0.250. The summed E-state index contributed by atoms with van der Waals surface area (Å²) in [6.45, 7) is 0.335. The molecule has 0 fully saturated rings. The van der Waals surface area contributed by atoms with E-state index >= 15 is 0 Å². The van der Waals surface area contributed by atoms with Gasteiger partial charge in [0.05, 0.1) is 12.9 Å². The molecule has 0 spiro atoms. The van der Waals surface area contributed by atoms with E-state index in [0.29, 0.717) is 0 Å². The number of rotatable bonds is 6. The zero-order valence-corrected chi connectivity index (χ0v) is 13.1. The Kier molecular flexibility index (Phi) is 8.38. The Morgan fingerprint density at radius 1 is 1.32 bits per heavy atom. The van der Waals surface area contributed by atoms with E-state index in [4.69, 9.17) is 14.6 Å². The number of methoxy groups -OCH3 is 1. The van der Waals surface area contributed by atoms with Gasteiger partial charge in [0.2, 0.25) is 0 Å². The second-order valence-electron chi connectivity index (χ2n) is 3.30. The van der Waals surface area contributed by atoms with Crippen LogP contribution in [-0.4, -0.2) is 43.7 Å². The molecular formula is C12H11O6Y-. The molecule has 0 saturated carbocycles. The van der Waals surface area contributed by atoms with Gasteiger partial charge in [-0.25, -0.2) is 4.79 Å². The Hall–Kier alpha value is -1.11. The van der Waals surface area contributed by atoms with Gasteiger partial charge in [-0.15, -0.1) is 17.7 Å². The normalized spacial score (nSPS) is 9.32. The number of aromatic carboxylic acids is 1. The molecule has 0 aliphatic heterocycles. The number of hydrogen-bond donors (Lipinski definition) is 1. The molecule has 0 unspecified atom stereocenters. The molecule has 6 nitrogen and oxygen atoms in total. The first-order chi connectivity index (χ1) is 8.60. The molecule has 0 bridgehead atoms. The van der Waals surface area contributed by atoms with Crippen LogP contribution in [0.3, 0.4) is 0 Å². The summed E-state index contributed by atoms with van der Waals surface area (Å²) in [4.78, 5) is 32.9. The number of carbonyl (C=O) groups excluding carboxylic acids is 2. The molecule has 0 heterocycles.